The second kappa shape index (κ2) is 7.98. The average molecular weight is 350 g/mol. The first-order chi connectivity index (χ1) is 10.1. The number of nitrogens with zero attached hydrogens (tertiary/aromatic N) is 2. The predicted octanol–water partition coefficient (Wildman–Crippen LogP) is 3.17. The van der Waals surface area contributed by atoms with Crippen LogP contribution in [0.25, 0.3) is 0 Å². The molecule has 0 aliphatic carbocycles. The summed E-state index contributed by atoms with van der Waals surface area (Å²) in [4.78, 5) is 11.9. The van der Waals surface area contributed by atoms with Crippen molar-refractivity contribution in [3.05, 3.63) is 52.8 Å². The maximum absolute atomic E-state index is 11.9. The minimum atomic E-state index is 0.103. The summed E-state index contributed by atoms with van der Waals surface area (Å²) in [7, 11) is 0. The molecule has 0 saturated heterocycles. The van der Waals surface area contributed by atoms with Crippen LogP contribution in [0.5, 0.6) is 0 Å². The van der Waals surface area contributed by atoms with Gasteiger partial charge in [-0.1, -0.05) is 28.1 Å². The van der Waals surface area contributed by atoms with Gasteiger partial charge in [0, 0.05) is 35.9 Å². The Kier molecular flexibility index (Phi) is 5.99. The number of carbonyl (C=O) groups is 1. The summed E-state index contributed by atoms with van der Waals surface area (Å²) in [5, 5.41) is 7.16. The molecule has 0 fully saturated rings. The third-order valence-electron chi connectivity index (χ3n) is 3.21. The van der Waals surface area contributed by atoms with E-state index in [9.17, 15) is 4.79 Å². The van der Waals surface area contributed by atoms with Crippen molar-refractivity contribution >= 4 is 21.8 Å². The lowest BCUT2D eigenvalue weighted by atomic mass is 10.1. The van der Waals surface area contributed by atoms with Crippen molar-refractivity contribution in [3.63, 3.8) is 0 Å². The number of rotatable bonds is 7. The molecule has 0 spiro atoms. The summed E-state index contributed by atoms with van der Waals surface area (Å²) in [6.45, 7) is 2.81. The van der Waals surface area contributed by atoms with Crippen LogP contribution in [0, 0.1) is 0 Å². The zero-order valence-electron chi connectivity index (χ0n) is 12.1. The topological polar surface area (TPSA) is 46.9 Å². The number of carbonyl (C=O) groups excluding carboxylic acids is 1. The van der Waals surface area contributed by atoms with Crippen LogP contribution in [-0.4, -0.2) is 21.7 Å². The molecule has 1 aromatic carbocycles. The Labute approximate surface area is 133 Å². The molecule has 1 amide bonds. The molecule has 4 nitrogen and oxygen atoms in total. The van der Waals surface area contributed by atoms with E-state index in [4.69, 9.17) is 0 Å². The van der Waals surface area contributed by atoms with Crippen LogP contribution in [-0.2, 0) is 17.8 Å². The summed E-state index contributed by atoms with van der Waals surface area (Å²) in [5.41, 5.74) is 1.22. The van der Waals surface area contributed by atoms with Crippen molar-refractivity contribution < 1.29 is 4.79 Å². The Morgan fingerprint density at radius 3 is 2.81 bits per heavy atom. The first-order valence-electron chi connectivity index (χ1n) is 7.15. The predicted molar refractivity (Wildman–Crippen MR) is 86.9 cm³/mol. The molecular weight excluding hydrogens is 330 g/mol. The molecule has 0 bridgehead atoms. The minimum Gasteiger partial charge on any atom is -0.353 e. The Balaban J connectivity index is 1.68. The van der Waals surface area contributed by atoms with Gasteiger partial charge >= 0.3 is 0 Å². The van der Waals surface area contributed by atoms with E-state index in [2.05, 4.69) is 38.5 Å². The molecule has 1 heterocycles. The van der Waals surface area contributed by atoms with E-state index >= 15 is 0 Å². The second-order valence-electron chi connectivity index (χ2n) is 5.17. The molecule has 112 valence electrons. The summed E-state index contributed by atoms with van der Waals surface area (Å²) >= 11 is 3.42. The van der Waals surface area contributed by atoms with Gasteiger partial charge in [0.25, 0.3) is 0 Å². The number of amides is 1. The molecule has 1 atom stereocenters. The molecular formula is C16H20BrN3O. The highest BCUT2D eigenvalue weighted by atomic mass is 79.9. The fourth-order valence-corrected chi connectivity index (χ4v) is 2.47. The quantitative estimate of drug-likeness (QED) is 0.834. The lowest BCUT2D eigenvalue weighted by molar-refractivity contribution is -0.121. The SMILES string of the molecule is CC(Cc1ccc(Br)cc1)NC(=O)CCCn1cccn1. The van der Waals surface area contributed by atoms with Gasteiger partial charge in [0.05, 0.1) is 0 Å². The Hall–Kier alpha value is -1.62. The van der Waals surface area contributed by atoms with Crippen LogP contribution in [0.3, 0.4) is 0 Å². The van der Waals surface area contributed by atoms with E-state index in [-0.39, 0.29) is 11.9 Å². The zero-order valence-corrected chi connectivity index (χ0v) is 13.7. The number of hydrogen-bond acceptors (Lipinski definition) is 2. The number of aromatic nitrogens is 2. The van der Waals surface area contributed by atoms with Gasteiger partial charge in [-0.2, -0.15) is 5.10 Å². The molecule has 0 aliphatic heterocycles. The minimum absolute atomic E-state index is 0.103. The first-order valence-corrected chi connectivity index (χ1v) is 7.94. The summed E-state index contributed by atoms with van der Waals surface area (Å²) in [6.07, 6.45) is 5.84. The average Bonchev–Trinajstić information content (AvgIpc) is 2.94. The van der Waals surface area contributed by atoms with Gasteiger partial charge in [-0.3, -0.25) is 9.48 Å². The molecule has 2 rings (SSSR count). The monoisotopic (exact) mass is 349 g/mol. The number of halogens is 1. The highest BCUT2D eigenvalue weighted by molar-refractivity contribution is 9.10. The summed E-state index contributed by atoms with van der Waals surface area (Å²) in [6, 6.07) is 10.2. The molecule has 0 aliphatic rings. The smallest absolute Gasteiger partial charge is 0.220 e. The first kappa shape index (κ1) is 15.8. The maximum Gasteiger partial charge on any atom is 0.220 e. The largest absolute Gasteiger partial charge is 0.353 e. The van der Waals surface area contributed by atoms with Crippen LogP contribution < -0.4 is 5.32 Å². The standard InChI is InChI=1S/C16H20BrN3O/c1-13(12-14-5-7-15(17)8-6-14)19-16(21)4-2-10-20-11-3-9-18-20/h3,5-9,11,13H,2,4,10,12H2,1H3,(H,19,21). The molecule has 1 unspecified atom stereocenters. The van der Waals surface area contributed by atoms with Crippen LogP contribution in [0.1, 0.15) is 25.3 Å². The van der Waals surface area contributed by atoms with Crippen LogP contribution in [0.4, 0.5) is 0 Å². The third-order valence-corrected chi connectivity index (χ3v) is 3.74. The van der Waals surface area contributed by atoms with E-state index in [1.165, 1.54) is 5.56 Å². The molecule has 2 aromatic rings. The number of hydrogen-bond donors (Lipinski definition) is 1. The molecule has 0 radical (unpaired) electrons. The van der Waals surface area contributed by atoms with Crippen molar-refractivity contribution in [1.29, 1.82) is 0 Å². The Morgan fingerprint density at radius 2 is 2.14 bits per heavy atom. The maximum atomic E-state index is 11.9. The number of benzene rings is 1. The van der Waals surface area contributed by atoms with Crippen LogP contribution >= 0.6 is 15.9 Å². The van der Waals surface area contributed by atoms with Crippen molar-refractivity contribution in [2.75, 3.05) is 0 Å². The van der Waals surface area contributed by atoms with Gasteiger partial charge in [0.2, 0.25) is 5.91 Å². The molecule has 5 heteroatoms. The van der Waals surface area contributed by atoms with E-state index in [0.29, 0.717) is 6.42 Å². The molecule has 0 saturated carbocycles. The van der Waals surface area contributed by atoms with Crippen molar-refractivity contribution in [3.8, 4) is 0 Å². The van der Waals surface area contributed by atoms with Gasteiger partial charge in [0.15, 0.2) is 0 Å². The zero-order chi connectivity index (χ0) is 15.1. The van der Waals surface area contributed by atoms with Gasteiger partial charge in [0.1, 0.15) is 0 Å². The van der Waals surface area contributed by atoms with Crippen molar-refractivity contribution in [2.45, 2.75) is 38.8 Å². The number of aryl methyl sites for hydroxylation is 1. The van der Waals surface area contributed by atoms with Gasteiger partial charge in [-0.05, 0) is 43.5 Å². The highest BCUT2D eigenvalue weighted by Crippen LogP contribution is 2.12. The van der Waals surface area contributed by atoms with Gasteiger partial charge in [-0.25, -0.2) is 0 Å². The normalized spacial score (nSPS) is 12.1. The van der Waals surface area contributed by atoms with Crippen molar-refractivity contribution in [1.82, 2.24) is 15.1 Å². The summed E-state index contributed by atoms with van der Waals surface area (Å²) < 4.78 is 2.92. The van der Waals surface area contributed by atoms with Crippen LogP contribution in [0.15, 0.2) is 47.2 Å². The lowest BCUT2D eigenvalue weighted by Crippen LogP contribution is -2.34. The van der Waals surface area contributed by atoms with Crippen molar-refractivity contribution in [2.24, 2.45) is 0 Å². The fourth-order valence-electron chi connectivity index (χ4n) is 2.21. The van der Waals surface area contributed by atoms with Gasteiger partial charge < -0.3 is 5.32 Å². The number of nitrogens with one attached hydrogen (secondary N) is 1. The van der Waals surface area contributed by atoms with E-state index in [1.807, 2.05) is 36.0 Å². The molecule has 21 heavy (non-hydrogen) atoms. The van der Waals surface area contributed by atoms with E-state index in [0.717, 1.165) is 23.9 Å². The van der Waals surface area contributed by atoms with Gasteiger partial charge in [-0.15, -0.1) is 0 Å². The molecule has 1 aromatic heterocycles. The summed E-state index contributed by atoms with van der Waals surface area (Å²) in [5.74, 6) is 0.103. The van der Waals surface area contributed by atoms with E-state index < -0.39 is 0 Å². The van der Waals surface area contributed by atoms with Crippen LogP contribution in [0.2, 0.25) is 0 Å². The molecule has 1 N–H and O–H groups in total. The van der Waals surface area contributed by atoms with E-state index in [1.54, 1.807) is 6.20 Å². The Morgan fingerprint density at radius 1 is 1.38 bits per heavy atom. The second-order valence-corrected chi connectivity index (χ2v) is 6.09. The lowest BCUT2D eigenvalue weighted by Gasteiger charge is -2.14. The Bertz CT molecular complexity index is 551. The highest BCUT2D eigenvalue weighted by Gasteiger charge is 2.08. The third kappa shape index (κ3) is 5.71. The fraction of sp³-hybridized carbons (Fsp3) is 0.375.